The zero-order chi connectivity index (χ0) is 26.2. The Hall–Kier alpha value is -2.95. The Kier molecular flexibility index (Phi) is 9.27. The van der Waals surface area contributed by atoms with Crippen LogP contribution in [-0.4, -0.2) is 76.3 Å². The highest BCUT2D eigenvalue weighted by atomic mass is 16.5. The molecule has 3 aromatic heterocycles. The first-order valence-corrected chi connectivity index (χ1v) is 14.1. The average molecular weight is 524 g/mol. The highest BCUT2D eigenvalue weighted by Crippen LogP contribution is 2.29. The van der Waals surface area contributed by atoms with E-state index in [2.05, 4.69) is 38.6 Å². The van der Waals surface area contributed by atoms with Gasteiger partial charge in [-0.2, -0.15) is 9.61 Å². The maximum atomic E-state index is 9.61. The van der Waals surface area contributed by atoms with Gasteiger partial charge in [0.15, 0.2) is 5.65 Å². The monoisotopic (exact) mass is 523 g/mol. The minimum atomic E-state index is 0.194. The van der Waals surface area contributed by atoms with E-state index in [0.29, 0.717) is 37.8 Å². The fourth-order valence-electron chi connectivity index (χ4n) is 5.39. The topological polar surface area (TPSA) is 109 Å². The largest absolute Gasteiger partial charge is 0.475 e. The third-order valence-electron chi connectivity index (χ3n) is 7.54. The summed E-state index contributed by atoms with van der Waals surface area (Å²) in [5.41, 5.74) is 3.06. The van der Waals surface area contributed by atoms with Crippen LogP contribution in [0.15, 0.2) is 30.6 Å². The van der Waals surface area contributed by atoms with Crippen molar-refractivity contribution in [2.24, 2.45) is 0 Å². The fraction of sp³-hybridized carbons (Fsp3) is 0.607. The van der Waals surface area contributed by atoms with Crippen molar-refractivity contribution in [3.05, 3.63) is 41.7 Å². The molecular weight excluding hydrogens is 482 g/mol. The van der Waals surface area contributed by atoms with Crippen LogP contribution in [0.5, 0.6) is 5.88 Å². The first-order chi connectivity index (χ1) is 18.7. The second-order valence-electron chi connectivity index (χ2n) is 10.1. The Labute approximate surface area is 224 Å². The molecule has 3 aromatic rings. The van der Waals surface area contributed by atoms with Crippen LogP contribution in [0.4, 0.5) is 11.6 Å². The number of aliphatic hydroxyl groups excluding tert-OH is 1. The second kappa shape index (κ2) is 13.2. The van der Waals surface area contributed by atoms with Crippen molar-refractivity contribution in [1.29, 1.82) is 0 Å². The number of nitrogens with one attached hydrogen (secondary N) is 2. The number of aromatic nitrogens is 4. The van der Waals surface area contributed by atoms with Crippen molar-refractivity contribution in [1.82, 2.24) is 24.9 Å². The molecule has 0 aliphatic carbocycles. The molecule has 0 spiro atoms. The Bertz CT molecular complexity index is 1150. The summed E-state index contributed by atoms with van der Waals surface area (Å²) in [4.78, 5) is 11.9. The predicted molar refractivity (Wildman–Crippen MR) is 148 cm³/mol. The summed E-state index contributed by atoms with van der Waals surface area (Å²) in [6.07, 6.45) is 11.3. The Morgan fingerprint density at radius 3 is 2.82 bits per heavy atom. The van der Waals surface area contributed by atoms with Gasteiger partial charge in [-0.1, -0.05) is 13.0 Å². The quantitative estimate of drug-likeness (QED) is 0.308. The number of hydrogen-bond acceptors (Lipinski definition) is 9. The minimum Gasteiger partial charge on any atom is -0.475 e. The van der Waals surface area contributed by atoms with Crippen molar-refractivity contribution < 1.29 is 14.6 Å². The normalized spacial score (nSPS) is 18.7. The Balaban J connectivity index is 1.22. The van der Waals surface area contributed by atoms with E-state index in [1.807, 2.05) is 29.0 Å². The smallest absolute Gasteiger partial charge is 0.213 e. The molecule has 0 amide bonds. The first kappa shape index (κ1) is 26.6. The molecule has 3 N–H and O–H groups in total. The van der Waals surface area contributed by atoms with E-state index in [4.69, 9.17) is 14.5 Å². The SMILES string of the molecule is CCc1cnn2c(NCc3ccc(OCCOC4CCNCC4)nc3)cc(N3CCCCC3CCO)nc12. The van der Waals surface area contributed by atoms with Gasteiger partial charge in [0.2, 0.25) is 5.88 Å². The van der Waals surface area contributed by atoms with Gasteiger partial charge in [-0.15, -0.1) is 0 Å². The Morgan fingerprint density at radius 2 is 2.03 bits per heavy atom. The van der Waals surface area contributed by atoms with Gasteiger partial charge in [0.25, 0.3) is 0 Å². The zero-order valence-corrected chi connectivity index (χ0v) is 22.4. The molecule has 2 saturated heterocycles. The number of aliphatic hydroxyl groups is 1. The molecule has 2 aliphatic heterocycles. The van der Waals surface area contributed by atoms with Crippen molar-refractivity contribution in [2.45, 2.75) is 70.6 Å². The van der Waals surface area contributed by atoms with Gasteiger partial charge in [0, 0.05) is 49.6 Å². The van der Waals surface area contributed by atoms with Crippen LogP contribution in [0.1, 0.15) is 56.6 Å². The van der Waals surface area contributed by atoms with Crippen LogP contribution in [0.25, 0.3) is 5.65 Å². The molecule has 0 aromatic carbocycles. The third kappa shape index (κ3) is 6.54. The number of aryl methyl sites for hydroxylation is 1. The van der Waals surface area contributed by atoms with Crippen molar-refractivity contribution >= 4 is 17.3 Å². The van der Waals surface area contributed by atoms with Gasteiger partial charge >= 0.3 is 0 Å². The van der Waals surface area contributed by atoms with Crippen LogP contribution < -0.4 is 20.3 Å². The van der Waals surface area contributed by atoms with Gasteiger partial charge in [-0.05, 0) is 63.6 Å². The molecule has 0 radical (unpaired) electrons. The zero-order valence-electron chi connectivity index (χ0n) is 22.4. The highest BCUT2D eigenvalue weighted by molar-refractivity contribution is 5.61. The fourth-order valence-corrected chi connectivity index (χ4v) is 5.39. The van der Waals surface area contributed by atoms with Gasteiger partial charge < -0.3 is 30.1 Å². The summed E-state index contributed by atoms with van der Waals surface area (Å²) in [7, 11) is 0. The molecule has 5 heterocycles. The first-order valence-electron chi connectivity index (χ1n) is 14.1. The molecule has 2 aliphatic rings. The molecular formula is C28H41N7O3. The van der Waals surface area contributed by atoms with Crippen LogP contribution in [0.2, 0.25) is 0 Å². The van der Waals surface area contributed by atoms with E-state index in [9.17, 15) is 5.11 Å². The molecule has 1 unspecified atom stereocenters. The summed E-state index contributed by atoms with van der Waals surface area (Å²) >= 11 is 0. The molecule has 38 heavy (non-hydrogen) atoms. The molecule has 0 saturated carbocycles. The molecule has 2 fully saturated rings. The number of nitrogens with zero attached hydrogens (tertiary/aromatic N) is 5. The molecule has 10 heteroatoms. The van der Waals surface area contributed by atoms with E-state index in [1.165, 1.54) is 6.42 Å². The van der Waals surface area contributed by atoms with E-state index in [0.717, 1.165) is 86.6 Å². The summed E-state index contributed by atoms with van der Waals surface area (Å²) in [6, 6.07) is 6.34. The lowest BCUT2D eigenvalue weighted by molar-refractivity contribution is 0.0162. The molecule has 0 bridgehead atoms. The third-order valence-corrected chi connectivity index (χ3v) is 7.54. The molecule has 10 nitrogen and oxygen atoms in total. The lowest BCUT2D eigenvalue weighted by atomic mass is 9.99. The van der Waals surface area contributed by atoms with Crippen molar-refractivity contribution in [2.75, 3.05) is 49.7 Å². The molecule has 5 rings (SSSR count). The number of piperidine rings is 2. The van der Waals surface area contributed by atoms with Crippen molar-refractivity contribution in [3.63, 3.8) is 0 Å². The maximum absolute atomic E-state index is 9.61. The highest BCUT2D eigenvalue weighted by Gasteiger charge is 2.25. The van der Waals surface area contributed by atoms with E-state index >= 15 is 0 Å². The van der Waals surface area contributed by atoms with Crippen molar-refractivity contribution in [3.8, 4) is 5.88 Å². The lowest BCUT2D eigenvalue weighted by Crippen LogP contribution is -2.40. The number of fused-ring (bicyclic) bond motifs is 1. The summed E-state index contributed by atoms with van der Waals surface area (Å²) in [6.45, 7) is 7.01. The van der Waals surface area contributed by atoms with E-state index < -0.39 is 0 Å². The number of pyridine rings is 1. The van der Waals surface area contributed by atoms with E-state index in [-0.39, 0.29) is 6.61 Å². The number of rotatable bonds is 12. The predicted octanol–water partition coefficient (Wildman–Crippen LogP) is 3.19. The Morgan fingerprint density at radius 1 is 1.13 bits per heavy atom. The average Bonchev–Trinajstić information content (AvgIpc) is 3.39. The summed E-state index contributed by atoms with van der Waals surface area (Å²) in [5.74, 6) is 2.45. The van der Waals surface area contributed by atoms with E-state index in [1.54, 1.807) is 0 Å². The number of anilines is 2. The molecule has 1 atom stereocenters. The minimum absolute atomic E-state index is 0.194. The van der Waals surface area contributed by atoms with Crippen LogP contribution in [-0.2, 0) is 17.7 Å². The summed E-state index contributed by atoms with van der Waals surface area (Å²) in [5, 5.41) is 21.1. The van der Waals surface area contributed by atoms with Crippen LogP contribution in [0.3, 0.4) is 0 Å². The van der Waals surface area contributed by atoms with Gasteiger partial charge in [0.1, 0.15) is 18.2 Å². The van der Waals surface area contributed by atoms with Gasteiger partial charge in [-0.25, -0.2) is 9.97 Å². The van der Waals surface area contributed by atoms with Crippen LogP contribution in [0, 0.1) is 0 Å². The standard InChI is InChI=1S/C28H41N7O3/c1-2-22-20-32-35-25(17-26(33-28(22)35)34-13-4-3-5-23(34)10-14-36)30-18-21-6-7-27(31-19-21)38-16-15-37-24-8-11-29-12-9-24/h6-7,17,19-20,23-24,29-30,36H,2-5,8-16,18H2,1H3. The number of hydrogen-bond donors (Lipinski definition) is 3. The maximum Gasteiger partial charge on any atom is 0.213 e. The second-order valence-corrected chi connectivity index (χ2v) is 10.1. The van der Waals surface area contributed by atoms with Crippen LogP contribution >= 0.6 is 0 Å². The van der Waals surface area contributed by atoms with Gasteiger partial charge in [0.05, 0.1) is 18.9 Å². The lowest BCUT2D eigenvalue weighted by Gasteiger charge is -2.36. The summed E-state index contributed by atoms with van der Waals surface area (Å²) < 4.78 is 13.6. The number of ether oxygens (including phenoxy) is 2. The molecule has 206 valence electrons. The van der Waals surface area contributed by atoms with Gasteiger partial charge in [-0.3, -0.25) is 0 Å².